The maximum Gasteiger partial charge on any atom is 0.319 e. The maximum absolute atomic E-state index is 12.5. The Balaban J connectivity index is 1.54. The first-order valence-electron chi connectivity index (χ1n) is 10.6. The second-order valence-electron chi connectivity index (χ2n) is 9.10. The minimum atomic E-state index is -0.161. The summed E-state index contributed by atoms with van der Waals surface area (Å²) in [5.41, 5.74) is 4.00. The highest BCUT2D eigenvalue weighted by Gasteiger charge is 2.30. The van der Waals surface area contributed by atoms with Gasteiger partial charge in [0.25, 0.3) is 0 Å². The molecule has 0 radical (unpaired) electrons. The summed E-state index contributed by atoms with van der Waals surface area (Å²) in [7, 11) is 0. The fourth-order valence-corrected chi connectivity index (χ4v) is 4.08. The average Bonchev–Trinajstić information content (AvgIpc) is 2.97. The predicted molar refractivity (Wildman–Crippen MR) is 118 cm³/mol. The Labute approximate surface area is 174 Å². The largest absolute Gasteiger partial charge is 0.336 e. The van der Waals surface area contributed by atoms with Crippen LogP contribution in [0.2, 0.25) is 0 Å². The zero-order chi connectivity index (χ0) is 21.0. The van der Waals surface area contributed by atoms with Gasteiger partial charge in [0.05, 0.1) is 12.2 Å². The van der Waals surface area contributed by atoms with Gasteiger partial charge >= 0.3 is 6.03 Å². The molecule has 0 saturated carbocycles. The minimum Gasteiger partial charge on any atom is -0.336 e. The summed E-state index contributed by atoms with van der Waals surface area (Å²) in [4.78, 5) is 15.0. The van der Waals surface area contributed by atoms with E-state index < -0.39 is 0 Å². The summed E-state index contributed by atoms with van der Waals surface area (Å²) >= 11 is 0. The number of aryl methyl sites for hydroxylation is 2. The Bertz CT molecular complexity index is 842. The highest BCUT2D eigenvalue weighted by molar-refractivity contribution is 5.89. The first kappa shape index (κ1) is 21.4. The molecular weight excluding hydrogens is 362 g/mol. The van der Waals surface area contributed by atoms with Crippen LogP contribution in [0.15, 0.2) is 30.3 Å². The summed E-state index contributed by atoms with van der Waals surface area (Å²) in [5.74, 6) is 0.724. The van der Waals surface area contributed by atoms with Crippen molar-refractivity contribution >= 4 is 11.7 Å². The second-order valence-corrected chi connectivity index (χ2v) is 9.10. The van der Waals surface area contributed by atoms with Crippen LogP contribution in [-0.2, 0) is 6.54 Å². The van der Waals surface area contributed by atoms with Crippen molar-refractivity contribution < 1.29 is 4.79 Å². The second kappa shape index (κ2) is 8.99. The van der Waals surface area contributed by atoms with Crippen LogP contribution in [0, 0.1) is 19.8 Å². The number of hydrogen-bond acceptors (Lipinski definition) is 3. The van der Waals surface area contributed by atoms with E-state index in [1.54, 1.807) is 0 Å². The molecular formula is C23H35N5O. The van der Waals surface area contributed by atoms with Crippen LogP contribution in [0.25, 0.3) is 0 Å². The van der Waals surface area contributed by atoms with Crippen molar-refractivity contribution in [1.29, 1.82) is 0 Å². The number of carbonyl (C=O) groups is 1. The molecule has 6 nitrogen and oxygen atoms in total. The SMILES string of the molecule is Cc1cc(C)n(Cc2cccc(NC(=O)NCC(C)(C)N3CCCC(C)C3)c2)n1. The van der Waals surface area contributed by atoms with Crippen LogP contribution in [0.5, 0.6) is 0 Å². The van der Waals surface area contributed by atoms with Crippen LogP contribution in [-0.4, -0.2) is 45.9 Å². The van der Waals surface area contributed by atoms with Gasteiger partial charge in [-0.05, 0) is 76.8 Å². The summed E-state index contributed by atoms with van der Waals surface area (Å²) < 4.78 is 1.98. The zero-order valence-electron chi connectivity index (χ0n) is 18.5. The van der Waals surface area contributed by atoms with Crippen LogP contribution in [0.4, 0.5) is 10.5 Å². The molecule has 2 N–H and O–H groups in total. The summed E-state index contributed by atoms with van der Waals surface area (Å²) in [6.07, 6.45) is 2.54. The summed E-state index contributed by atoms with van der Waals surface area (Å²) in [6.45, 7) is 14.3. The molecule has 1 aliphatic rings. The van der Waals surface area contributed by atoms with Gasteiger partial charge in [-0.1, -0.05) is 19.1 Å². The molecule has 6 heteroatoms. The predicted octanol–water partition coefficient (Wildman–Crippen LogP) is 4.18. The number of likely N-dealkylation sites (tertiary alicyclic amines) is 1. The fourth-order valence-electron chi connectivity index (χ4n) is 4.08. The molecule has 3 rings (SSSR count). The molecule has 158 valence electrons. The highest BCUT2D eigenvalue weighted by atomic mass is 16.2. The van der Waals surface area contributed by atoms with Gasteiger partial charge in [-0.15, -0.1) is 0 Å². The number of hydrogen-bond donors (Lipinski definition) is 2. The molecule has 1 saturated heterocycles. The van der Waals surface area contributed by atoms with Crippen LogP contribution in [0.1, 0.15) is 50.6 Å². The fraction of sp³-hybridized carbons (Fsp3) is 0.565. The van der Waals surface area contributed by atoms with E-state index in [-0.39, 0.29) is 11.6 Å². The molecule has 2 amide bonds. The molecule has 1 unspecified atom stereocenters. The summed E-state index contributed by atoms with van der Waals surface area (Å²) in [5, 5.41) is 10.5. The third-order valence-electron chi connectivity index (χ3n) is 5.82. The van der Waals surface area contributed by atoms with Crippen molar-refractivity contribution in [2.75, 3.05) is 25.0 Å². The van der Waals surface area contributed by atoms with Gasteiger partial charge in [0.2, 0.25) is 0 Å². The molecule has 1 aliphatic heterocycles. The highest BCUT2D eigenvalue weighted by Crippen LogP contribution is 2.23. The first-order chi connectivity index (χ1) is 13.7. The Morgan fingerprint density at radius 3 is 2.76 bits per heavy atom. The quantitative estimate of drug-likeness (QED) is 0.769. The van der Waals surface area contributed by atoms with Crippen molar-refractivity contribution in [2.45, 2.75) is 59.5 Å². The zero-order valence-corrected chi connectivity index (χ0v) is 18.5. The van der Waals surface area contributed by atoms with E-state index in [1.807, 2.05) is 29.8 Å². The number of nitrogens with one attached hydrogen (secondary N) is 2. The lowest BCUT2D eigenvalue weighted by Crippen LogP contribution is -2.55. The van der Waals surface area contributed by atoms with Crippen LogP contribution < -0.4 is 10.6 Å². The Morgan fingerprint density at radius 2 is 2.07 bits per heavy atom. The number of piperidine rings is 1. The molecule has 2 heterocycles. The normalized spacial score (nSPS) is 17.9. The molecule has 1 aromatic carbocycles. The van der Waals surface area contributed by atoms with Crippen LogP contribution >= 0.6 is 0 Å². The third kappa shape index (κ3) is 5.82. The molecule has 0 bridgehead atoms. The lowest BCUT2D eigenvalue weighted by Gasteiger charge is -2.43. The molecule has 1 atom stereocenters. The average molecular weight is 398 g/mol. The van der Waals surface area contributed by atoms with E-state index in [1.165, 1.54) is 12.8 Å². The number of amides is 2. The topological polar surface area (TPSA) is 62.2 Å². The maximum atomic E-state index is 12.5. The van der Waals surface area contributed by atoms with E-state index in [2.05, 4.69) is 60.5 Å². The van der Waals surface area contributed by atoms with Gasteiger partial charge < -0.3 is 10.6 Å². The number of anilines is 1. The Morgan fingerprint density at radius 1 is 1.28 bits per heavy atom. The van der Waals surface area contributed by atoms with E-state index >= 15 is 0 Å². The molecule has 0 spiro atoms. The van der Waals surface area contributed by atoms with E-state index in [9.17, 15) is 4.79 Å². The smallest absolute Gasteiger partial charge is 0.319 e. The number of aromatic nitrogens is 2. The number of nitrogens with zero attached hydrogens (tertiary/aromatic N) is 3. The van der Waals surface area contributed by atoms with Gasteiger partial charge in [0, 0.05) is 30.0 Å². The third-order valence-corrected chi connectivity index (χ3v) is 5.82. The number of benzene rings is 1. The lowest BCUT2D eigenvalue weighted by molar-refractivity contribution is 0.0728. The van der Waals surface area contributed by atoms with Gasteiger partial charge in [-0.3, -0.25) is 9.58 Å². The minimum absolute atomic E-state index is 0.0522. The van der Waals surface area contributed by atoms with E-state index in [0.29, 0.717) is 13.1 Å². The molecule has 0 aliphatic carbocycles. The monoisotopic (exact) mass is 397 g/mol. The van der Waals surface area contributed by atoms with Crippen molar-refractivity contribution in [2.24, 2.45) is 5.92 Å². The number of carbonyl (C=O) groups excluding carboxylic acids is 1. The van der Waals surface area contributed by atoms with Crippen molar-refractivity contribution in [3.63, 3.8) is 0 Å². The standard InChI is InChI=1S/C23H35N5O/c1-17-8-7-11-27(14-17)23(4,5)16-24-22(29)25-21-10-6-9-20(13-21)15-28-19(3)12-18(2)26-28/h6,9-10,12-13,17H,7-8,11,14-16H2,1-5H3,(H2,24,25,29). The molecule has 2 aromatic rings. The first-order valence-corrected chi connectivity index (χ1v) is 10.6. The summed E-state index contributed by atoms with van der Waals surface area (Å²) in [6, 6.07) is 9.86. The van der Waals surface area contributed by atoms with Crippen LogP contribution in [0.3, 0.4) is 0 Å². The number of rotatable bonds is 6. The van der Waals surface area contributed by atoms with E-state index in [4.69, 9.17) is 0 Å². The van der Waals surface area contributed by atoms with E-state index in [0.717, 1.165) is 41.6 Å². The number of urea groups is 1. The molecule has 1 aromatic heterocycles. The lowest BCUT2D eigenvalue weighted by atomic mass is 9.93. The molecule has 1 fully saturated rings. The van der Waals surface area contributed by atoms with Gasteiger partial charge in [0.1, 0.15) is 0 Å². The Hall–Kier alpha value is -2.34. The van der Waals surface area contributed by atoms with Crippen molar-refractivity contribution in [1.82, 2.24) is 20.0 Å². The van der Waals surface area contributed by atoms with Crippen molar-refractivity contribution in [3.05, 3.63) is 47.3 Å². The van der Waals surface area contributed by atoms with Crippen molar-refractivity contribution in [3.8, 4) is 0 Å². The van der Waals surface area contributed by atoms with Gasteiger partial charge in [-0.25, -0.2) is 4.79 Å². The molecule has 29 heavy (non-hydrogen) atoms. The van der Waals surface area contributed by atoms with Gasteiger partial charge in [-0.2, -0.15) is 5.10 Å². The van der Waals surface area contributed by atoms with Gasteiger partial charge in [0.15, 0.2) is 0 Å². The Kier molecular flexibility index (Phi) is 6.63.